The second-order valence-corrected chi connectivity index (χ2v) is 16.8. The molecule has 1 aromatic heterocycles. The second kappa shape index (κ2) is 13.4. The van der Waals surface area contributed by atoms with E-state index in [1.807, 2.05) is 36.4 Å². The molecule has 0 radical (unpaired) electrons. The number of carbonyl (C=O) groups is 1. The molecule has 0 saturated heterocycles. The number of benzene rings is 4. The highest BCUT2D eigenvalue weighted by Crippen LogP contribution is 2.37. The number of amides is 1. The molecule has 1 heterocycles. The van der Waals surface area contributed by atoms with Crippen LogP contribution in [0.4, 0.5) is 4.39 Å². The van der Waals surface area contributed by atoms with Crippen molar-refractivity contribution in [2.45, 2.75) is 45.4 Å². The Morgan fingerprint density at radius 3 is 2.13 bits per heavy atom. The zero-order chi connectivity index (χ0) is 32.2. The van der Waals surface area contributed by atoms with Gasteiger partial charge in [0, 0.05) is 10.9 Å². The average Bonchev–Trinajstić information content (AvgIpc) is 3.35. The molecule has 1 atom stereocenters. The zero-order valence-electron chi connectivity index (χ0n) is 25.8. The topological polar surface area (TPSA) is 86.7 Å². The van der Waals surface area contributed by atoms with E-state index in [2.05, 4.69) is 50.4 Å². The quantitative estimate of drug-likeness (QED) is 0.128. The van der Waals surface area contributed by atoms with Crippen molar-refractivity contribution in [1.82, 2.24) is 5.32 Å². The molecule has 45 heavy (non-hydrogen) atoms. The van der Waals surface area contributed by atoms with Crippen LogP contribution in [0.5, 0.6) is 5.75 Å². The minimum absolute atomic E-state index is 0.0413. The molecule has 0 aliphatic rings. The van der Waals surface area contributed by atoms with Crippen molar-refractivity contribution < 1.29 is 22.8 Å². The number of furan rings is 1. The molecular formula is C36H37FN2O4SSi. The number of hydrogen-bond donors (Lipinski definition) is 2. The molecule has 0 bridgehead atoms. The second-order valence-electron chi connectivity index (χ2n) is 12.0. The predicted octanol–water partition coefficient (Wildman–Crippen LogP) is 6.42. The summed E-state index contributed by atoms with van der Waals surface area (Å²) in [5.41, 5.74) is 7.50. The first-order chi connectivity index (χ1) is 21.5. The summed E-state index contributed by atoms with van der Waals surface area (Å²) >= 11 is 5.45. The summed E-state index contributed by atoms with van der Waals surface area (Å²) in [5, 5.41) is 5.51. The van der Waals surface area contributed by atoms with Gasteiger partial charge in [-0.2, -0.15) is 0 Å². The lowest BCUT2D eigenvalue weighted by Crippen LogP contribution is -2.67. The lowest BCUT2D eigenvalue weighted by Gasteiger charge is -2.43. The molecular weight excluding hydrogens is 604 g/mol. The maximum Gasteiger partial charge on any atom is 0.261 e. The Kier molecular flexibility index (Phi) is 9.53. The Hall–Kier alpha value is -4.31. The number of ether oxygens (including phenoxy) is 1. The predicted molar refractivity (Wildman–Crippen MR) is 183 cm³/mol. The van der Waals surface area contributed by atoms with E-state index in [9.17, 15) is 9.18 Å². The Balaban J connectivity index is 1.42. The van der Waals surface area contributed by atoms with Crippen molar-refractivity contribution in [2.75, 3.05) is 6.61 Å². The largest absolute Gasteiger partial charge is 0.489 e. The summed E-state index contributed by atoms with van der Waals surface area (Å²) < 4.78 is 32.9. The summed E-state index contributed by atoms with van der Waals surface area (Å²) in [6.07, 6.45) is 0. The minimum atomic E-state index is -2.91. The van der Waals surface area contributed by atoms with E-state index in [-0.39, 0.29) is 29.1 Å². The average molecular weight is 641 g/mol. The van der Waals surface area contributed by atoms with Crippen LogP contribution in [0.1, 0.15) is 42.5 Å². The first-order valence-electron chi connectivity index (χ1n) is 14.8. The van der Waals surface area contributed by atoms with Gasteiger partial charge in [-0.15, -0.1) is 0 Å². The Bertz CT molecular complexity index is 1770. The van der Waals surface area contributed by atoms with Crippen molar-refractivity contribution in [3.05, 3.63) is 126 Å². The lowest BCUT2D eigenvalue weighted by molar-refractivity contribution is 0.0935. The van der Waals surface area contributed by atoms with E-state index in [1.165, 1.54) is 6.07 Å². The van der Waals surface area contributed by atoms with Crippen molar-refractivity contribution in [3.8, 4) is 5.75 Å². The molecule has 9 heteroatoms. The summed E-state index contributed by atoms with van der Waals surface area (Å²) in [4.78, 5) is 13.9. The highest BCUT2D eigenvalue weighted by Gasteiger charge is 2.50. The number of fused-ring (bicyclic) bond motifs is 1. The third kappa shape index (κ3) is 6.71. The molecule has 0 saturated carbocycles. The number of hydrogen-bond acceptors (Lipinski definition) is 5. The van der Waals surface area contributed by atoms with E-state index >= 15 is 0 Å². The fraction of sp³-hybridized carbons (Fsp3) is 0.222. The van der Waals surface area contributed by atoms with Gasteiger partial charge in [-0.3, -0.25) is 4.79 Å². The van der Waals surface area contributed by atoms with Crippen LogP contribution in [0.3, 0.4) is 0 Å². The van der Waals surface area contributed by atoms with Crippen molar-refractivity contribution in [1.29, 1.82) is 0 Å². The number of halogens is 1. The number of aryl methyl sites for hydroxylation is 1. The molecule has 4 aromatic carbocycles. The van der Waals surface area contributed by atoms with Crippen LogP contribution in [0.2, 0.25) is 5.04 Å². The number of nitrogens with two attached hydrogens (primary N) is 1. The van der Waals surface area contributed by atoms with Crippen molar-refractivity contribution in [2.24, 2.45) is 5.73 Å². The van der Waals surface area contributed by atoms with E-state index < -0.39 is 20.3 Å². The van der Waals surface area contributed by atoms with Crippen LogP contribution < -0.4 is 26.2 Å². The first-order valence-corrected chi connectivity index (χ1v) is 17.1. The Morgan fingerprint density at radius 2 is 1.56 bits per heavy atom. The van der Waals surface area contributed by atoms with Gasteiger partial charge in [0.1, 0.15) is 35.6 Å². The third-order valence-corrected chi connectivity index (χ3v) is 13.2. The monoisotopic (exact) mass is 640 g/mol. The van der Waals surface area contributed by atoms with Gasteiger partial charge in [-0.05, 0) is 46.6 Å². The summed E-state index contributed by atoms with van der Waals surface area (Å²) in [7, 11) is -2.91. The molecule has 5 aromatic rings. The SMILES string of the molecule is Cc1oc2ccc(OCc3ccccc3F)cc2c1C(=O)N[C@@H](CO[Si](c1ccccc1)(c1ccccc1)C(C)(C)C)C(N)=S. The van der Waals surface area contributed by atoms with Crippen molar-refractivity contribution in [3.63, 3.8) is 0 Å². The van der Waals surface area contributed by atoms with Gasteiger partial charge in [0.15, 0.2) is 0 Å². The summed E-state index contributed by atoms with van der Waals surface area (Å²) in [6.45, 7) is 8.39. The molecule has 6 nitrogen and oxygen atoms in total. The molecule has 5 rings (SSSR count). The van der Waals surface area contributed by atoms with Crippen LogP contribution in [-0.2, 0) is 11.0 Å². The molecule has 1 amide bonds. The fourth-order valence-corrected chi connectivity index (χ4v) is 10.4. The summed E-state index contributed by atoms with van der Waals surface area (Å²) in [6, 6.07) is 31.3. The Labute approximate surface area is 269 Å². The highest BCUT2D eigenvalue weighted by atomic mass is 32.1. The van der Waals surface area contributed by atoms with Gasteiger partial charge in [-0.1, -0.05) is 112 Å². The van der Waals surface area contributed by atoms with E-state index in [0.717, 1.165) is 10.4 Å². The normalized spacial score (nSPS) is 12.6. The lowest BCUT2D eigenvalue weighted by atomic mass is 10.1. The number of nitrogens with one attached hydrogen (secondary N) is 1. The van der Waals surface area contributed by atoms with Gasteiger partial charge >= 0.3 is 0 Å². The van der Waals surface area contributed by atoms with Crippen LogP contribution in [0, 0.1) is 12.7 Å². The van der Waals surface area contributed by atoms with E-state index in [1.54, 1.807) is 43.3 Å². The fourth-order valence-electron chi connectivity index (χ4n) is 5.74. The molecule has 3 N–H and O–H groups in total. The molecule has 0 fully saturated rings. The van der Waals surface area contributed by atoms with Gasteiger partial charge < -0.3 is 24.6 Å². The van der Waals surface area contributed by atoms with E-state index in [4.69, 9.17) is 31.5 Å². The third-order valence-electron chi connectivity index (χ3n) is 7.95. The first kappa shape index (κ1) is 32.1. The standard InChI is InChI=1S/C36H37FN2O4SSi/c1-24-33(29-21-26(19-20-32(29)43-24)41-22-25-13-11-12-18-30(25)37)35(40)39-31(34(38)44)23-42-45(36(2,3)4,27-14-7-5-8-15-27)28-16-9-6-10-17-28/h5-21,31H,22-23H2,1-4H3,(H2,38,44)(H,39,40)/t31-/m0/s1. The van der Waals surface area contributed by atoms with Crippen LogP contribution in [0.25, 0.3) is 11.0 Å². The maximum absolute atomic E-state index is 14.1. The van der Waals surface area contributed by atoms with E-state index in [0.29, 0.717) is 33.6 Å². The highest BCUT2D eigenvalue weighted by molar-refractivity contribution is 7.80. The van der Waals surface area contributed by atoms with Crippen molar-refractivity contribution >= 4 is 52.8 Å². The smallest absolute Gasteiger partial charge is 0.261 e. The molecule has 0 aliphatic carbocycles. The van der Waals surface area contributed by atoms with Gasteiger partial charge in [0.2, 0.25) is 0 Å². The number of rotatable bonds is 11. The molecule has 0 spiro atoms. The molecule has 0 unspecified atom stereocenters. The van der Waals surface area contributed by atoms with Gasteiger partial charge in [0.25, 0.3) is 14.2 Å². The van der Waals surface area contributed by atoms with Crippen LogP contribution >= 0.6 is 12.2 Å². The molecule has 0 aliphatic heterocycles. The maximum atomic E-state index is 14.1. The van der Waals surface area contributed by atoms with Crippen LogP contribution in [-0.4, -0.2) is 31.9 Å². The minimum Gasteiger partial charge on any atom is -0.489 e. The van der Waals surface area contributed by atoms with Gasteiger partial charge in [0.05, 0.1) is 17.2 Å². The number of carbonyl (C=O) groups excluding carboxylic acids is 1. The van der Waals surface area contributed by atoms with Gasteiger partial charge in [-0.25, -0.2) is 4.39 Å². The zero-order valence-corrected chi connectivity index (χ0v) is 27.6. The van der Waals surface area contributed by atoms with Crippen LogP contribution in [0.15, 0.2) is 108 Å². The number of thiocarbonyl (C=S) groups is 1. The summed E-state index contributed by atoms with van der Waals surface area (Å²) in [5.74, 6) is 0.160. The molecule has 232 valence electrons. The Morgan fingerprint density at radius 1 is 0.956 bits per heavy atom.